The number of hydrogen-bond acceptors (Lipinski definition) is 3. The van der Waals surface area contributed by atoms with Gasteiger partial charge in [0.1, 0.15) is 6.10 Å². The molecule has 0 aromatic rings. The lowest BCUT2D eigenvalue weighted by molar-refractivity contribution is -0.192. The van der Waals surface area contributed by atoms with E-state index in [2.05, 4.69) is 0 Å². The number of rotatable bonds is 4. The van der Waals surface area contributed by atoms with Crippen LogP contribution < -0.4 is 0 Å². The standard InChI is InChI=1S/C7H16O3/c1-5(2)10-7(9-4)6(3)8/h5-8H,1-4H3. The highest BCUT2D eigenvalue weighted by atomic mass is 16.7. The Kier molecular flexibility index (Phi) is 4.60. The Morgan fingerprint density at radius 3 is 1.80 bits per heavy atom. The highest BCUT2D eigenvalue weighted by molar-refractivity contribution is 4.52. The van der Waals surface area contributed by atoms with Gasteiger partial charge in [-0.1, -0.05) is 0 Å². The molecular weight excluding hydrogens is 132 g/mol. The van der Waals surface area contributed by atoms with Crippen molar-refractivity contribution in [1.82, 2.24) is 0 Å². The average Bonchev–Trinajstić information content (AvgIpc) is 1.81. The van der Waals surface area contributed by atoms with Crippen LogP contribution in [0.25, 0.3) is 0 Å². The van der Waals surface area contributed by atoms with Gasteiger partial charge in [-0.2, -0.15) is 0 Å². The molecule has 0 amide bonds. The van der Waals surface area contributed by atoms with Gasteiger partial charge in [0.15, 0.2) is 6.29 Å². The smallest absolute Gasteiger partial charge is 0.183 e. The van der Waals surface area contributed by atoms with Gasteiger partial charge < -0.3 is 14.6 Å². The van der Waals surface area contributed by atoms with Crippen molar-refractivity contribution >= 4 is 0 Å². The molecule has 3 nitrogen and oxygen atoms in total. The Morgan fingerprint density at radius 2 is 1.70 bits per heavy atom. The number of methoxy groups -OCH3 is 1. The molecule has 0 radical (unpaired) electrons. The van der Waals surface area contributed by atoms with Crippen molar-refractivity contribution in [1.29, 1.82) is 0 Å². The van der Waals surface area contributed by atoms with E-state index in [1.165, 1.54) is 7.11 Å². The first-order valence-corrected chi connectivity index (χ1v) is 3.44. The van der Waals surface area contributed by atoms with Crippen molar-refractivity contribution in [3.05, 3.63) is 0 Å². The molecule has 0 saturated heterocycles. The molecule has 0 fully saturated rings. The van der Waals surface area contributed by atoms with Crippen LogP contribution in [0.5, 0.6) is 0 Å². The Morgan fingerprint density at radius 1 is 1.20 bits per heavy atom. The third kappa shape index (κ3) is 3.82. The van der Waals surface area contributed by atoms with Gasteiger partial charge in [0, 0.05) is 7.11 Å². The second kappa shape index (κ2) is 4.66. The van der Waals surface area contributed by atoms with Crippen LogP contribution in [0.3, 0.4) is 0 Å². The summed E-state index contributed by atoms with van der Waals surface area (Å²) >= 11 is 0. The Bertz CT molecular complexity index is 80.9. The first-order valence-electron chi connectivity index (χ1n) is 3.44. The molecule has 1 N–H and O–H groups in total. The summed E-state index contributed by atoms with van der Waals surface area (Å²) in [5, 5.41) is 9.01. The van der Waals surface area contributed by atoms with Gasteiger partial charge in [0.2, 0.25) is 0 Å². The van der Waals surface area contributed by atoms with E-state index in [0.717, 1.165) is 0 Å². The van der Waals surface area contributed by atoms with Crippen LogP contribution in [0.15, 0.2) is 0 Å². The molecule has 10 heavy (non-hydrogen) atoms. The summed E-state index contributed by atoms with van der Waals surface area (Å²) in [5.74, 6) is 0. The normalized spacial score (nSPS) is 17.4. The van der Waals surface area contributed by atoms with Crippen molar-refractivity contribution in [2.24, 2.45) is 0 Å². The second-order valence-electron chi connectivity index (χ2n) is 2.53. The molecule has 62 valence electrons. The van der Waals surface area contributed by atoms with E-state index >= 15 is 0 Å². The molecule has 2 atom stereocenters. The molecule has 0 rings (SSSR count). The fourth-order valence-electron chi connectivity index (χ4n) is 0.634. The Labute approximate surface area is 62.0 Å². The van der Waals surface area contributed by atoms with Gasteiger partial charge in [-0.05, 0) is 20.8 Å². The maximum absolute atomic E-state index is 9.01. The monoisotopic (exact) mass is 148 g/mol. The summed E-state index contributed by atoms with van der Waals surface area (Å²) in [6, 6.07) is 0. The van der Waals surface area contributed by atoms with E-state index in [4.69, 9.17) is 14.6 Å². The van der Waals surface area contributed by atoms with E-state index in [1.54, 1.807) is 6.92 Å². The van der Waals surface area contributed by atoms with Crippen LogP contribution in [0.4, 0.5) is 0 Å². The van der Waals surface area contributed by atoms with Crippen molar-refractivity contribution in [2.75, 3.05) is 7.11 Å². The van der Waals surface area contributed by atoms with Gasteiger partial charge in [-0.25, -0.2) is 0 Å². The van der Waals surface area contributed by atoms with Gasteiger partial charge in [0.25, 0.3) is 0 Å². The molecule has 0 aromatic carbocycles. The lowest BCUT2D eigenvalue weighted by Crippen LogP contribution is -2.30. The zero-order valence-corrected chi connectivity index (χ0v) is 7.00. The highest BCUT2D eigenvalue weighted by Crippen LogP contribution is 2.02. The largest absolute Gasteiger partial charge is 0.388 e. The summed E-state index contributed by atoms with van der Waals surface area (Å²) in [7, 11) is 1.51. The van der Waals surface area contributed by atoms with Gasteiger partial charge in [0.05, 0.1) is 6.10 Å². The third-order valence-electron chi connectivity index (χ3n) is 1.03. The maximum Gasteiger partial charge on any atom is 0.183 e. The topological polar surface area (TPSA) is 38.7 Å². The van der Waals surface area contributed by atoms with Gasteiger partial charge in [-0.15, -0.1) is 0 Å². The minimum absolute atomic E-state index is 0.0829. The molecule has 0 aliphatic carbocycles. The first kappa shape index (κ1) is 9.88. The van der Waals surface area contributed by atoms with E-state index in [-0.39, 0.29) is 6.10 Å². The summed E-state index contributed by atoms with van der Waals surface area (Å²) in [4.78, 5) is 0. The Balaban J connectivity index is 3.60. The zero-order valence-electron chi connectivity index (χ0n) is 7.00. The molecule has 0 aromatic heterocycles. The van der Waals surface area contributed by atoms with Crippen molar-refractivity contribution in [3.8, 4) is 0 Å². The SMILES string of the molecule is COC(OC(C)C)C(C)O. The van der Waals surface area contributed by atoms with Crippen LogP contribution in [0, 0.1) is 0 Å². The average molecular weight is 148 g/mol. The molecule has 0 saturated carbocycles. The van der Waals surface area contributed by atoms with E-state index in [1.807, 2.05) is 13.8 Å². The lowest BCUT2D eigenvalue weighted by atomic mass is 10.4. The van der Waals surface area contributed by atoms with E-state index in [0.29, 0.717) is 0 Å². The second-order valence-corrected chi connectivity index (χ2v) is 2.53. The highest BCUT2D eigenvalue weighted by Gasteiger charge is 2.14. The van der Waals surface area contributed by atoms with Crippen LogP contribution in [0.1, 0.15) is 20.8 Å². The minimum atomic E-state index is -0.576. The fraction of sp³-hybridized carbons (Fsp3) is 1.00. The van der Waals surface area contributed by atoms with Crippen molar-refractivity contribution in [3.63, 3.8) is 0 Å². The molecule has 3 heteroatoms. The third-order valence-corrected chi connectivity index (χ3v) is 1.03. The number of aliphatic hydroxyl groups is 1. The first-order chi connectivity index (χ1) is 4.57. The van der Waals surface area contributed by atoms with Crippen LogP contribution in [-0.2, 0) is 9.47 Å². The summed E-state index contributed by atoms with van der Waals surface area (Å²) < 4.78 is 10.0. The Hall–Kier alpha value is -0.120. The minimum Gasteiger partial charge on any atom is -0.388 e. The van der Waals surface area contributed by atoms with Crippen LogP contribution >= 0.6 is 0 Å². The quantitative estimate of drug-likeness (QED) is 0.598. The molecular formula is C7H16O3. The van der Waals surface area contributed by atoms with Crippen molar-refractivity contribution in [2.45, 2.75) is 39.3 Å². The predicted molar refractivity (Wildman–Crippen MR) is 38.7 cm³/mol. The van der Waals surface area contributed by atoms with Gasteiger partial charge >= 0.3 is 0 Å². The summed E-state index contributed by atoms with van der Waals surface area (Å²) in [6.45, 7) is 5.43. The van der Waals surface area contributed by atoms with Gasteiger partial charge in [-0.3, -0.25) is 0 Å². The molecule has 0 spiro atoms. The summed E-state index contributed by atoms with van der Waals surface area (Å²) in [5.41, 5.74) is 0. The van der Waals surface area contributed by atoms with E-state index in [9.17, 15) is 0 Å². The molecule has 0 aliphatic rings. The van der Waals surface area contributed by atoms with Crippen molar-refractivity contribution < 1.29 is 14.6 Å². The number of ether oxygens (including phenoxy) is 2. The number of hydrogen-bond donors (Lipinski definition) is 1. The number of aliphatic hydroxyl groups excluding tert-OH is 1. The van der Waals surface area contributed by atoms with Crippen LogP contribution in [-0.4, -0.2) is 30.7 Å². The fourth-order valence-corrected chi connectivity index (χ4v) is 0.634. The zero-order chi connectivity index (χ0) is 8.15. The molecule has 2 unspecified atom stereocenters. The lowest BCUT2D eigenvalue weighted by Gasteiger charge is -2.20. The van der Waals surface area contributed by atoms with E-state index < -0.39 is 12.4 Å². The molecule has 0 heterocycles. The maximum atomic E-state index is 9.01. The molecule has 0 bridgehead atoms. The predicted octanol–water partition coefficient (Wildman–Crippen LogP) is 0.765. The summed E-state index contributed by atoms with van der Waals surface area (Å²) in [6.07, 6.45) is -0.994. The molecule has 0 aliphatic heterocycles. The van der Waals surface area contributed by atoms with Crippen LogP contribution in [0.2, 0.25) is 0 Å².